The summed E-state index contributed by atoms with van der Waals surface area (Å²) in [5.74, 6) is -2.81. The zero-order valence-electron chi connectivity index (χ0n) is 17.3. The summed E-state index contributed by atoms with van der Waals surface area (Å²) in [6.45, 7) is 0.950. The quantitative estimate of drug-likeness (QED) is 0.531. The predicted octanol–water partition coefficient (Wildman–Crippen LogP) is 0.410. The van der Waals surface area contributed by atoms with E-state index in [-0.39, 0.29) is 40.7 Å². The van der Waals surface area contributed by atoms with Gasteiger partial charge in [0.25, 0.3) is 5.56 Å². The first kappa shape index (κ1) is 21.2. The molecule has 3 heterocycles. The van der Waals surface area contributed by atoms with E-state index in [1.54, 1.807) is 0 Å². The zero-order chi connectivity index (χ0) is 23.0. The Morgan fingerprint density at radius 2 is 2.06 bits per heavy atom. The maximum absolute atomic E-state index is 13.1. The Bertz CT molecular complexity index is 1180. The maximum Gasteiger partial charge on any atom is 0.258 e. The molecule has 11 nitrogen and oxygen atoms in total. The van der Waals surface area contributed by atoms with Crippen molar-refractivity contribution in [1.29, 1.82) is 5.26 Å². The fourth-order valence-electron chi connectivity index (χ4n) is 4.27. The number of rotatable bonds is 4. The van der Waals surface area contributed by atoms with Gasteiger partial charge in [-0.05, 0) is 30.5 Å². The molecule has 11 heteroatoms. The number of phenolic OH excluding ortho intramolecular Hbond substituents is 1. The highest BCUT2D eigenvalue weighted by molar-refractivity contribution is 5.98. The lowest BCUT2D eigenvalue weighted by Crippen LogP contribution is -2.42. The van der Waals surface area contributed by atoms with Crippen LogP contribution in [-0.2, 0) is 9.59 Å². The Labute approximate surface area is 182 Å². The van der Waals surface area contributed by atoms with Crippen LogP contribution in [0.2, 0.25) is 0 Å². The van der Waals surface area contributed by atoms with E-state index in [1.807, 2.05) is 11.0 Å². The molecule has 0 radical (unpaired) electrons. The van der Waals surface area contributed by atoms with Gasteiger partial charge in [0.05, 0.1) is 18.7 Å². The van der Waals surface area contributed by atoms with Crippen molar-refractivity contribution in [2.45, 2.75) is 18.8 Å². The van der Waals surface area contributed by atoms with E-state index >= 15 is 0 Å². The number of fused-ring (bicyclic) bond motifs is 1. The van der Waals surface area contributed by atoms with Crippen LogP contribution >= 0.6 is 0 Å². The number of amides is 2. The Kier molecular flexibility index (Phi) is 5.44. The largest absolute Gasteiger partial charge is 0.504 e. The summed E-state index contributed by atoms with van der Waals surface area (Å²) < 4.78 is 5.14. The molecule has 4 rings (SSSR count). The lowest BCUT2D eigenvalue weighted by molar-refractivity contribution is -0.122. The molecule has 0 saturated carbocycles. The van der Waals surface area contributed by atoms with Gasteiger partial charge in [0, 0.05) is 24.9 Å². The van der Waals surface area contributed by atoms with Crippen molar-refractivity contribution in [3.63, 3.8) is 0 Å². The number of carbonyl (C=O) groups is 2. The van der Waals surface area contributed by atoms with Crippen molar-refractivity contribution in [2.75, 3.05) is 30.4 Å². The molecule has 1 fully saturated rings. The van der Waals surface area contributed by atoms with Gasteiger partial charge in [-0.25, -0.2) is 0 Å². The molecule has 1 aromatic heterocycles. The molecule has 2 amide bonds. The molecule has 5 N–H and O–H groups in total. The number of nitriles is 1. The number of primary amides is 1. The first-order valence-electron chi connectivity index (χ1n) is 10.1. The minimum absolute atomic E-state index is 0.0781. The van der Waals surface area contributed by atoms with Crippen molar-refractivity contribution in [1.82, 2.24) is 9.97 Å². The van der Waals surface area contributed by atoms with Gasteiger partial charge in [-0.15, -0.1) is 0 Å². The summed E-state index contributed by atoms with van der Waals surface area (Å²) in [5.41, 5.74) is 5.51. The third-order valence-electron chi connectivity index (χ3n) is 6.01. The van der Waals surface area contributed by atoms with Crippen molar-refractivity contribution in [2.24, 2.45) is 17.6 Å². The number of benzene rings is 1. The monoisotopic (exact) mass is 438 g/mol. The van der Waals surface area contributed by atoms with Crippen molar-refractivity contribution in [3.05, 3.63) is 39.7 Å². The number of phenols is 1. The minimum Gasteiger partial charge on any atom is -0.504 e. The summed E-state index contributed by atoms with van der Waals surface area (Å²) in [5, 5.41) is 22.1. The molecule has 2 aromatic rings. The Morgan fingerprint density at radius 1 is 1.34 bits per heavy atom. The fourth-order valence-corrected chi connectivity index (χ4v) is 4.27. The topological polar surface area (TPSA) is 174 Å². The van der Waals surface area contributed by atoms with Crippen LogP contribution in [0.3, 0.4) is 0 Å². The summed E-state index contributed by atoms with van der Waals surface area (Å²) in [7, 11) is 1.38. The molecule has 2 aliphatic heterocycles. The molecule has 166 valence electrons. The van der Waals surface area contributed by atoms with E-state index in [9.17, 15) is 24.8 Å². The Balaban J connectivity index is 1.76. The van der Waals surface area contributed by atoms with Crippen LogP contribution in [0, 0.1) is 23.2 Å². The number of hydrogen-bond donors (Lipinski definition) is 4. The van der Waals surface area contributed by atoms with E-state index in [4.69, 9.17) is 10.5 Å². The number of nitrogens with two attached hydrogens (primary N) is 1. The number of aromatic nitrogens is 2. The average Bonchev–Trinajstić information content (AvgIpc) is 2.78. The van der Waals surface area contributed by atoms with Gasteiger partial charge in [-0.1, -0.05) is 6.07 Å². The number of nitrogens with one attached hydrogen (secondary N) is 2. The van der Waals surface area contributed by atoms with Crippen LogP contribution in [0.25, 0.3) is 0 Å². The number of methoxy groups -OCH3 is 1. The first-order chi connectivity index (χ1) is 15.3. The maximum atomic E-state index is 13.1. The smallest absolute Gasteiger partial charge is 0.258 e. The van der Waals surface area contributed by atoms with Crippen LogP contribution in [0.1, 0.15) is 29.9 Å². The van der Waals surface area contributed by atoms with Gasteiger partial charge in [-0.2, -0.15) is 10.2 Å². The molecule has 32 heavy (non-hydrogen) atoms. The average molecular weight is 438 g/mol. The molecule has 2 unspecified atom stereocenters. The third kappa shape index (κ3) is 3.60. The van der Waals surface area contributed by atoms with Crippen molar-refractivity contribution < 1.29 is 19.4 Å². The first-order valence-corrected chi connectivity index (χ1v) is 10.1. The molecule has 0 aliphatic carbocycles. The predicted molar refractivity (Wildman–Crippen MR) is 113 cm³/mol. The summed E-state index contributed by atoms with van der Waals surface area (Å²) in [4.78, 5) is 46.2. The van der Waals surface area contributed by atoms with Gasteiger partial charge in [0.1, 0.15) is 11.7 Å². The minimum atomic E-state index is -1.17. The highest BCUT2D eigenvalue weighted by atomic mass is 16.5. The van der Waals surface area contributed by atoms with Crippen LogP contribution in [-0.4, -0.2) is 47.1 Å². The van der Waals surface area contributed by atoms with E-state index in [0.29, 0.717) is 31.5 Å². The number of H-pyrrole nitrogens is 1. The van der Waals surface area contributed by atoms with Gasteiger partial charge in [0.15, 0.2) is 11.5 Å². The third-order valence-corrected chi connectivity index (χ3v) is 6.01. The Hall–Kier alpha value is -4.07. The lowest BCUT2D eigenvalue weighted by Gasteiger charge is -2.33. The lowest BCUT2D eigenvalue weighted by atomic mass is 9.79. The molecular weight excluding hydrogens is 416 g/mol. The highest BCUT2D eigenvalue weighted by Crippen LogP contribution is 2.40. The molecule has 2 atom stereocenters. The number of anilines is 2. The van der Waals surface area contributed by atoms with Gasteiger partial charge in [-0.3, -0.25) is 19.4 Å². The Morgan fingerprint density at radius 3 is 2.69 bits per heavy atom. The van der Waals surface area contributed by atoms with Crippen molar-refractivity contribution in [3.8, 4) is 17.6 Å². The molecule has 0 spiro atoms. The summed E-state index contributed by atoms with van der Waals surface area (Å²) in [6, 6.07) is 6.38. The summed E-state index contributed by atoms with van der Waals surface area (Å²) >= 11 is 0. The van der Waals surface area contributed by atoms with Crippen LogP contribution in [0.15, 0.2) is 23.0 Å². The van der Waals surface area contributed by atoms with Gasteiger partial charge < -0.3 is 25.8 Å². The summed E-state index contributed by atoms with van der Waals surface area (Å²) in [6.07, 6.45) is 1.07. The number of carbonyl (C=O) groups excluding carboxylic acids is 2. The number of piperidine rings is 1. The van der Waals surface area contributed by atoms with E-state index < -0.39 is 23.3 Å². The number of nitrogens with zero attached hydrogens (tertiary/aromatic N) is 3. The van der Waals surface area contributed by atoms with E-state index in [0.717, 1.165) is 0 Å². The standard InChI is InChI=1S/C21H22N6O5/c1-32-14-8-11(2-3-13(14)28)15-12(9-22)19(30)24-18-16(15)20(31)26-21(25-18)27-6-4-10(5-7-27)17(23)29/h2-3,8,10,12,15,28H,4-7H2,1H3,(H2,23,29)(H2,24,25,26,30,31). The second kappa shape index (κ2) is 8.22. The molecule has 2 aliphatic rings. The number of aromatic hydroxyl groups is 1. The van der Waals surface area contributed by atoms with Crippen LogP contribution in [0.4, 0.5) is 11.8 Å². The fraction of sp³-hybridized carbons (Fsp3) is 0.381. The van der Waals surface area contributed by atoms with E-state index in [1.165, 1.54) is 25.3 Å². The van der Waals surface area contributed by atoms with Crippen LogP contribution < -0.4 is 26.2 Å². The molecule has 0 bridgehead atoms. The van der Waals surface area contributed by atoms with Gasteiger partial charge >= 0.3 is 0 Å². The molecule has 1 aromatic carbocycles. The SMILES string of the molecule is COc1cc(C2c3c(nc(N4CCC(C(N)=O)CC4)[nH]c3=O)NC(=O)C2C#N)ccc1O. The van der Waals surface area contributed by atoms with Crippen LogP contribution in [0.5, 0.6) is 11.5 Å². The number of ether oxygens (including phenoxy) is 1. The zero-order valence-corrected chi connectivity index (χ0v) is 17.3. The number of hydrogen-bond acceptors (Lipinski definition) is 8. The molecule has 1 saturated heterocycles. The molecular formula is C21H22N6O5. The second-order valence-corrected chi connectivity index (χ2v) is 7.82. The highest BCUT2D eigenvalue weighted by Gasteiger charge is 2.41. The van der Waals surface area contributed by atoms with Gasteiger partial charge in [0.2, 0.25) is 17.8 Å². The second-order valence-electron chi connectivity index (χ2n) is 7.82. The normalized spacial score (nSPS) is 20.8. The van der Waals surface area contributed by atoms with Crippen molar-refractivity contribution >= 4 is 23.6 Å². The number of aromatic amines is 1. The van der Waals surface area contributed by atoms with E-state index in [2.05, 4.69) is 15.3 Å².